The molecule has 1 aromatic heterocycles. The van der Waals surface area contributed by atoms with Gasteiger partial charge in [0.15, 0.2) is 5.69 Å². The van der Waals surface area contributed by atoms with Crippen LogP contribution in [0.1, 0.15) is 5.69 Å². The summed E-state index contributed by atoms with van der Waals surface area (Å²) in [4.78, 5) is 15.8. The molecule has 0 aliphatic carbocycles. The fraction of sp³-hybridized carbons (Fsp3) is 0.625. The number of aliphatic hydroxyl groups is 1. The lowest BCUT2D eigenvalue weighted by Crippen LogP contribution is -2.10. The maximum Gasteiger partial charge on any atom is 0.434 e. The molecule has 0 saturated carbocycles. The molecule has 0 spiro atoms. The number of nitro groups is 1. The molecule has 0 aromatic carbocycles. The van der Waals surface area contributed by atoms with Gasteiger partial charge in [0.05, 0.1) is 19.7 Å². The van der Waals surface area contributed by atoms with E-state index < -0.39 is 4.92 Å². The number of hydrogen-bond donors (Lipinski definition) is 1. The Balaban J connectivity index is 2.93. The van der Waals surface area contributed by atoms with Gasteiger partial charge in [-0.2, -0.15) is 0 Å². The quantitative estimate of drug-likeness (QED) is 0.544. The summed E-state index contributed by atoms with van der Waals surface area (Å²) in [7, 11) is 3.72. The van der Waals surface area contributed by atoms with Crippen LogP contribution in [0.25, 0.3) is 0 Å². The van der Waals surface area contributed by atoms with Crippen LogP contribution in [-0.2, 0) is 13.1 Å². The molecular formula is C8H14N4O3. The molecule has 84 valence electrons. The largest absolute Gasteiger partial charge is 0.434 e. The van der Waals surface area contributed by atoms with E-state index >= 15 is 0 Å². The average molecular weight is 214 g/mol. The minimum Gasteiger partial charge on any atom is -0.393 e. The summed E-state index contributed by atoms with van der Waals surface area (Å²) in [5, 5.41) is 19.4. The van der Waals surface area contributed by atoms with Crippen molar-refractivity contribution in [2.24, 2.45) is 0 Å². The normalized spacial score (nSPS) is 10.9. The van der Waals surface area contributed by atoms with Crippen molar-refractivity contribution in [1.29, 1.82) is 0 Å². The zero-order chi connectivity index (χ0) is 11.4. The smallest absolute Gasteiger partial charge is 0.393 e. The maximum atomic E-state index is 10.6. The van der Waals surface area contributed by atoms with Crippen LogP contribution in [0.3, 0.4) is 0 Å². The molecule has 0 atom stereocenters. The lowest BCUT2D eigenvalue weighted by molar-refractivity contribution is -0.396. The van der Waals surface area contributed by atoms with E-state index in [0.717, 1.165) is 0 Å². The zero-order valence-corrected chi connectivity index (χ0v) is 8.75. The fourth-order valence-corrected chi connectivity index (χ4v) is 1.28. The van der Waals surface area contributed by atoms with Gasteiger partial charge in [-0.25, -0.2) is 4.57 Å². The van der Waals surface area contributed by atoms with Crippen LogP contribution in [0.15, 0.2) is 6.20 Å². The van der Waals surface area contributed by atoms with Gasteiger partial charge in [-0.1, -0.05) is 4.98 Å². The molecule has 0 aliphatic heterocycles. The van der Waals surface area contributed by atoms with Crippen LogP contribution in [0.2, 0.25) is 0 Å². The van der Waals surface area contributed by atoms with Gasteiger partial charge in [-0.05, 0) is 19.0 Å². The van der Waals surface area contributed by atoms with Crippen molar-refractivity contribution in [3.63, 3.8) is 0 Å². The Morgan fingerprint density at radius 2 is 2.33 bits per heavy atom. The maximum absolute atomic E-state index is 10.6. The molecule has 7 heteroatoms. The highest BCUT2D eigenvalue weighted by Gasteiger charge is 2.18. The average Bonchev–Trinajstić information content (AvgIpc) is 2.47. The standard InChI is InChI=1S/C8H14N4O3/c1-10(2)5-7-6-11(3-4-13)8(9-7)12(14)15/h6,13H,3-5H2,1-2H3. The molecule has 1 N–H and O–H groups in total. The second-order valence-corrected chi connectivity index (χ2v) is 3.44. The molecule has 1 aromatic rings. The first kappa shape index (κ1) is 11.6. The predicted octanol–water partition coefficient (Wildman–Crippen LogP) is -0.155. The van der Waals surface area contributed by atoms with E-state index in [9.17, 15) is 10.1 Å². The summed E-state index contributed by atoms with van der Waals surface area (Å²) in [6.07, 6.45) is 1.59. The molecule has 0 amide bonds. The summed E-state index contributed by atoms with van der Waals surface area (Å²) >= 11 is 0. The minimum absolute atomic E-state index is 0.140. The highest BCUT2D eigenvalue weighted by atomic mass is 16.6. The SMILES string of the molecule is CN(C)Cc1cn(CCO)c([N+](=O)[O-])n1. The van der Waals surface area contributed by atoms with Crippen molar-refractivity contribution < 1.29 is 10.0 Å². The molecule has 0 radical (unpaired) electrons. The van der Waals surface area contributed by atoms with Crippen LogP contribution >= 0.6 is 0 Å². The second kappa shape index (κ2) is 4.85. The second-order valence-electron chi connectivity index (χ2n) is 3.44. The number of aromatic nitrogens is 2. The molecule has 0 aliphatic rings. The third kappa shape index (κ3) is 3.00. The van der Waals surface area contributed by atoms with Gasteiger partial charge in [0, 0.05) is 0 Å². The van der Waals surface area contributed by atoms with Crippen molar-refractivity contribution in [3.8, 4) is 0 Å². The summed E-state index contributed by atoms with van der Waals surface area (Å²) in [5.74, 6) is -0.221. The molecule has 1 rings (SSSR count). The monoisotopic (exact) mass is 214 g/mol. The van der Waals surface area contributed by atoms with E-state index in [-0.39, 0.29) is 19.1 Å². The van der Waals surface area contributed by atoms with Crippen LogP contribution in [0.4, 0.5) is 5.95 Å². The lowest BCUT2D eigenvalue weighted by atomic mass is 10.4. The van der Waals surface area contributed by atoms with Gasteiger partial charge in [-0.15, -0.1) is 0 Å². The third-order valence-electron chi connectivity index (χ3n) is 1.79. The Morgan fingerprint density at radius 1 is 1.67 bits per heavy atom. The molecule has 1 heterocycles. The highest BCUT2D eigenvalue weighted by Crippen LogP contribution is 2.12. The van der Waals surface area contributed by atoms with Crippen LogP contribution < -0.4 is 0 Å². The first-order chi connectivity index (χ1) is 7.04. The highest BCUT2D eigenvalue weighted by molar-refractivity contribution is 5.14. The summed E-state index contributed by atoms with van der Waals surface area (Å²) in [6, 6.07) is 0. The van der Waals surface area contributed by atoms with E-state index in [1.165, 1.54) is 4.57 Å². The van der Waals surface area contributed by atoms with E-state index in [4.69, 9.17) is 5.11 Å². The Labute approximate surface area is 87.1 Å². The zero-order valence-electron chi connectivity index (χ0n) is 8.75. The van der Waals surface area contributed by atoms with Gasteiger partial charge in [0.25, 0.3) is 0 Å². The van der Waals surface area contributed by atoms with Gasteiger partial charge in [0.1, 0.15) is 6.20 Å². The first-order valence-electron chi connectivity index (χ1n) is 4.50. The molecular weight excluding hydrogens is 200 g/mol. The number of imidazole rings is 1. The molecule has 0 bridgehead atoms. The Morgan fingerprint density at radius 3 is 2.80 bits per heavy atom. The van der Waals surface area contributed by atoms with Crippen molar-refractivity contribution in [2.75, 3.05) is 20.7 Å². The number of hydrogen-bond acceptors (Lipinski definition) is 5. The van der Waals surface area contributed by atoms with Crippen molar-refractivity contribution in [1.82, 2.24) is 14.5 Å². The lowest BCUT2D eigenvalue weighted by Gasteiger charge is -2.02. The molecule has 15 heavy (non-hydrogen) atoms. The van der Waals surface area contributed by atoms with Crippen molar-refractivity contribution >= 4 is 5.95 Å². The predicted molar refractivity (Wildman–Crippen MR) is 53.4 cm³/mol. The van der Waals surface area contributed by atoms with E-state index in [1.807, 2.05) is 19.0 Å². The summed E-state index contributed by atoms with van der Waals surface area (Å²) < 4.78 is 1.35. The molecule has 0 unspecified atom stereocenters. The Kier molecular flexibility index (Phi) is 3.75. The Bertz CT molecular complexity index is 348. The van der Waals surface area contributed by atoms with Gasteiger partial charge < -0.3 is 20.1 Å². The molecule has 0 fully saturated rings. The van der Waals surface area contributed by atoms with Crippen LogP contribution in [0.5, 0.6) is 0 Å². The topological polar surface area (TPSA) is 84.4 Å². The van der Waals surface area contributed by atoms with E-state index in [0.29, 0.717) is 12.2 Å². The third-order valence-corrected chi connectivity index (χ3v) is 1.79. The first-order valence-corrected chi connectivity index (χ1v) is 4.50. The molecule has 0 saturated heterocycles. The van der Waals surface area contributed by atoms with E-state index in [1.54, 1.807) is 6.20 Å². The van der Waals surface area contributed by atoms with Crippen LogP contribution in [0, 0.1) is 10.1 Å². The van der Waals surface area contributed by atoms with Gasteiger partial charge >= 0.3 is 5.95 Å². The fourth-order valence-electron chi connectivity index (χ4n) is 1.28. The summed E-state index contributed by atoms with van der Waals surface area (Å²) in [5.41, 5.74) is 0.625. The summed E-state index contributed by atoms with van der Waals surface area (Å²) in [6.45, 7) is 0.592. The van der Waals surface area contributed by atoms with Gasteiger partial charge in [0.2, 0.25) is 0 Å². The van der Waals surface area contributed by atoms with Crippen molar-refractivity contribution in [3.05, 3.63) is 22.0 Å². The number of nitrogens with zero attached hydrogens (tertiary/aromatic N) is 4. The number of rotatable bonds is 5. The number of aliphatic hydroxyl groups excluding tert-OH is 1. The molecule has 7 nitrogen and oxygen atoms in total. The Hall–Kier alpha value is -1.47. The van der Waals surface area contributed by atoms with Gasteiger partial charge in [-0.3, -0.25) is 0 Å². The van der Waals surface area contributed by atoms with E-state index in [2.05, 4.69) is 4.98 Å². The van der Waals surface area contributed by atoms with Crippen molar-refractivity contribution in [2.45, 2.75) is 13.1 Å². The van der Waals surface area contributed by atoms with Crippen LogP contribution in [-0.4, -0.2) is 45.2 Å². The minimum atomic E-state index is -0.547.